The molecule has 0 saturated heterocycles. The van der Waals surface area contributed by atoms with E-state index in [9.17, 15) is 0 Å². The lowest BCUT2D eigenvalue weighted by Gasteiger charge is -2.07. The minimum absolute atomic E-state index is 0.548. The van der Waals surface area contributed by atoms with E-state index < -0.39 is 0 Å². The smallest absolute Gasteiger partial charge is 0.168 e. The van der Waals surface area contributed by atoms with Crippen molar-refractivity contribution in [3.05, 3.63) is 48.9 Å². The van der Waals surface area contributed by atoms with Crippen LogP contribution in [0.1, 0.15) is 18.4 Å². The van der Waals surface area contributed by atoms with Crippen molar-refractivity contribution in [2.24, 2.45) is 0 Å². The lowest BCUT2D eigenvalue weighted by Crippen LogP contribution is -2.04. The molecule has 0 atom stereocenters. The molecular formula is C16H15N5. The first kappa shape index (κ1) is 12.1. The van der Waals surface area contributed by atoms with Crippen molar-refractivity contribution in [3.63, 3.8) is 0 Å². The van der Waals surface area contributed by atoms with Crippen LogP contribution in [0.5, 0.6) is 0 Å². The molecule has 1 saturated carbocycles. The Bertz CT molecular complexity index is 816. The molecule has 0 bridgehead atoms. The molecule has 1 fully saturated rings. The van der Waals surface area contributed by atoms with Gasteiger partial charge in [0.1, 0.15) is 12.1 Å². The Balaban J connectivity index is 1.88. The summed E-state index contributed by atoms with van der Waals surface area (Å²) < 4.78 is 1.84. The molecule has 2 heterocycles. The number of anilines is 1. The van der Waals surface area contributed by atoms with E-state index in [2.05, 4.69) is 27.0 Å². The van der Waals surface area contributed by atoms with Crippen molar-refractivity contribution in [1.82, 2.24) is 19.7 Å². The second kappa shape index (κ2) is 4.70. The number of aromatic nitrogens is 4. The van der Waals surface area contributed by atoms with Gasteiger partial charge < -0.3 is 5.32 Å². The van der Waals surface area contributed by atoms with Crippen molar-refractivity contribution in [1.29, 1.82) is 0 Å². The summed E-state index contributed by atoms with van der Waals surface area (Å²) in [4.78, 5) is 8.74. The molecule has 1 N–H and O–H groups in total. The number of benzene rings is 1. The van der Waals surface area contributed by atoms with Crippen LogP contribution in [-0.2, 0) is 0 Å². The van der Waals surface area contributed by atoms with Crippen LogP contribution in [0.25, 0.3) is 22.8 Å². The zero-order valence-electron chi connectivity index (χ0n) is 11.5. The maximum absolute atomic E-state index is 4.49. The quantitative estimate of drug-likeness (QED) is 0.796. The molecule has 5 heteroatoms. The minimum Gasteiger partial charge on any atom is -0.367 e. The standard InChI is InChI=1S/C16H15N5/c1-2-11-5-3-4-6-14(11)21-16-13(9-19-21)15(17-10-18-16)20-12-7-8-12/h2-6,9-10,12H,1,7-8H2,(H,17,18,20). The van der Waals surface area contributed by atoms with Crippen LogP contribution in [0.4, 0.5) is 5.82 Å². The predicted molar refractivity (Wildman–Crippen MR) is 83.4 cm³/mol. The normalized spacial score (nSPS) is 14.3. The maximum atomic E-state index is 4.49. The highest BCUT2D eigenvalue weighted by Crippen LogP contribution is 2.28. The summed E-state index contributed by atoms with van der Waals surface area (Å²) in [5.41, 5.74) is 2.80. The zero-order valence-corrected chi connectivity index (χ0v) is 11.5. The fourth-order valence-corrected chi connectivity index (χ4v) is 2.41. The topological polar surface area (TPSA) is 55.6 Å². The van der Waals surface area contributed by atoms with E-state index in [0.717, 1.165) is 28.1 Å². The summed E-state index contributed by atoms with van der Waals surface area (Å²) in [6.45, 7) is 3.86. The van der Waals surface area contributed by atoms with Gasteiger partial charge in [-0.3, -0.25) is 0 Å². The molecule has 21 heavy (non-hydrogen) atoms. The highest BCUT2D eigenvalue weighted by Gasteiger charge is 2.23. The largest absolute Gasteiger partial charge is 0.367 e. The second-order valence-electron chi connectivity index (χ2n) is 5.20. The number of nitrogens with one attached hydrogen (secondary N) is 1. The van der Waals surface area contributed by atoms with Gasteiger partial charge >= 0.3 is 0 Å². The van der Waals surface area contributed by atoms with Gasteiger partial charge in [-0.1, -0.05) is 30.9 Å². The summed E-state index contributed by atoms with van der Waals surface area (Å²) in [6, 6.07) is 8.55. The number of hydrogen-bond acceptors (Lipinski definition) is 4. The molecule has 0 aliphatic heterocycles. The van der Waals surface area contributed by atoms with Gasteiger partial charge in [0.25, 0.3) is 0 Å². The first-order chi connectivity index (χ1) is 10.4. The third kappa shape index (κ3) is 2.07. The second-order valence-corrected chi connectivity index (χ2v) is 5.20. The first-order valence-electron chi connectivity index (χ1n) is 7.04. The molecule has 104 valence electrons. The van der Waals surface area contributed by atoms with Crippen LogP contribution < -0.4 is 5.32 Å². The van der Waals surface area contributed by atoms with Crippen LogP contribution in [0, 0.1) is 0 Å². The molecule has 0 unspecified atom stereocenters. The number of nitrogens with zero attached hydrogens (tertiary/aromatic N) is 4. The Labute approximate surface area is 122 Å². The Morgan fingerprint density at radius 1 is 1.24 bits per heavy atom. The van der Waals surface area contributed by atoms with Crippen LogP contribution in [-0.4, -0.2) is 25.8 Å². The van der Waals surface area contributed by atoms with E-state index in [1.165, 1.54) is 12.8 Å². The number of rotatable bonds is 4. The highest BCUT2D eigenvalue weighted by molar-refractivity contribution is 5.87. The van der Waals surface area contributed by atoms with Crippen molar-refractivity contribution in [3.8, 4) is 5.69 Å². The molecule has 0 radical (unpaired) electrons. The molecule has 3 aromatic rings. The van der Waals surface area contributed by atoms with E-state index in [4.69, 9.17) is 0 Å². The van der Waals surface area contributed by atoms with E-state index in [0.29, 0.717) is 6.04 Å². The van der Waals surface area contributed by atoms with E-state index in [1.54, 1.807) is 6.33 Å². The van der Waals surface area contributed by atoms with Gasteiger partial charge in [-0.2, -0.15) is 5.10 Å². The van der Waals surface area contributed by atoms with Gasteiger partial charge in [-0.15, -0.1) is 0 Å². The fraction of sp³-hybridized carbons (Fsp3) is 0.188. The van der Waals surface area contributed by atoms with Crippen LogP contribution in [0.15, 0.2) is 43.4 Å². The van der Waals surface area contributed by atoms with Crippen molar-refractivity contribution in [2.75, 3.05) is 5.32 Å². The average Bonchev–Trinajstić information content (AvgIpc) is 3.24. The van der Waals surface area contributed by atoms with E-state index in [-0.39, 0.29) is 0 Å². The van der Waals surface area contributed by atoms with Gasteiger partial charge in [0.15, 0.2) is 5.65 Å². The molecule has 1 aliphatic rings. The van der Waals surface area contributed by atoms with Gasteiger partial charge in [0.05, 0.1) is 17.3 Å². The molecule has 1 aliphatic carbocycles. The molecular weight excluding hydrogens is 262 g/mol. The number of hydrogen-bond donors (Lipinski definition) is 1. The molecule has 0 amide bonds. The average molecular weight is 277 g/mol. The Morgan fingerprint density at radius 2 is 2.10 bits per heavy atom. The molecule has 1 aromatic carbocycles. The van der Waals surface area contributed by atoms with Crippen molar-refractivity contribution >= 4 is 22.9 Å². The number of para-hydroxylation sites is 1. The van der Waals surface area contributed by atoms with Crippen LogP contribution in [0.2, 0.25) is 0 Å². The molecule has 5 nitrogen and oxygen atoms in total. The summed E-state index contributed by atoms with van der Waals surface area (Å²) in [5.74, 6) is 0.866. The van der Waals surface area contributed by atoms with Gasteiger partial charge in [0, 0.05) is 6.04 Å². The SMILES string of the molecule is C=Cc1ccccc1-n1ncc2c(NC3CC3)ncnc21. The minimum atomic E-state index is 0.548. The maximum Gasteiger partial charge on any atom is 0.168 e. The van der Waals surface area contributed by atoms with E-state index in [1.807, 2.05) is 41.2 Å². The lowest BCUT2D eigenvalue weighted by atomic mass is 10.2. The third-order valence-corrected chi connectivity index (χ3v) is 3.67. The summed E-state index contributed by atoms with van der Waals surface area (Å²) >= 11 is 0. The van der Waals surface area contributed by atoms with Crippen molar-refractivity contribution in [2.45, 2.75) is 18.9 Å². The highest BCUT2D eigenvalue weighted by atomic mass is 15.3. The number of fused-ring (bicyclic) bond motifs is 1. The first-order valence-corrected chi connectivity index (χ1v) is 7.04. The van der Waals surface area contributed by atoms with Crippen LogP contribution >= 0.6 is 0 Å². The zero-order chi connectivity index (χ0) is 14.2. The lowest BCUT2D eigenvalue weighted by molar-refractivity contribution is 0.893. The molecule has 2 aromatic heterocycles. The monoisotopic (exact) mass is 277 g/mol. The van der Waals surface area contributed by atoms with Crippen molar-refractivity contribution < 1.29 is 0 Å². The summed E-state index contributed by atoms with van der Waals surface area (Å²) in [5, 5.41) is 8.86. The van der Waals surface area contributed by atoms with Crippen LogP contribution in [0.3, 0.4) is 0 Å². The molecule has 0 spiro atoms. The van der Waals surface area contributed by atoms with Gasteiger partial charge in [0.2, 0.25) is 0 Å². The Morgan fingerprint density at radius 3 is 2.90 bits per heavy atom. The predicted octanol–water partition coefficient (Wildman–Crippen LogP) is 3.03. The molecule has 4 rings (SSSR count). The Kier molecular flexibility index (Phi) is 2.70. The third-order valence-electron chi connectivity index (χ3n) is 3.67. The summed E-state index contributed by atoms with van der Waals surface area (Å²) in [7, 11) is 0. The Hall–Kier alpha value is -2.69. The fourth-order valence-electron chi connectivity index (χ4n) is 2.41. The summed E-state index contributed by atoms with van der Waals surface area (Å²) in [6.07, 6.45) is 7.65. The van der Waals surface area contributed by atoms with E-state index >= 15 is 0 Å². The van der Waals surface area contributed by atoms with Gasteiger partial charge in [-0.05, 0) is 24.5 Å². The van der Waals surface area contributed by atoms with Gasteiger partial charge in [-0.25, -0.2) is 14.6 Å².